The largest absolute Gasteiger partial charge is 0.466 e. The van der Waals surface area contributed by atoms with Crippen molar-refractivity contribution in [2.24, 2.45) is 0 Å². The van der Waals surface area contributed by atoms with Gasteiger partial charge < -0.3 is 19.6 Å². The first-order chi connectivity index (χ1) is 13.7. The highest BCUT2D eigenvalue weighted by molar-refractivity contribution is 7.08. The van der Waals surface area contributed by atoms with Crippen LogP contribution in [-0.2, 0) is 20.5 Å². The molecule has 0 radical (unpaired) electrons. The maximum atomic E-state index is 13.4. The first-order valence-electron chi connectivity index (χ1n) is 9.36. The average molecular weight is 397 g/mol. The zero-order chi connectivity index (χ0) is 19.5. The third-order valence-corrected chi connectivity index (χ3v) is 6.22. The molecular formula is C22H23NO4S. The van der Waals surface area contributed by atoms with Gasteiger partial charge in [-0.2, -0.15) is 11.3 Å². The number of carbonyl (C=O) groups excluding carboxylic acids is 1. The van der Waals surface area contributed by atoms with Gasteiger partial charge in [-0.25, -0.2) is 0 Å². The number of hydrogen-bond donors (Lipinski definition) is 2. The number of thiophene rings is 1. The van der Waals surface area contributed by atoms with Gasteiger partial charge in [0, 0.05) is 18.8 Å². The van der Waals surface area contributed by atoms with Crippen LogP contribution >= 0.6 is 11.3 Å². The van der Waals surface area contributed by atoms with E-state index in [-0.39, 0.29) is 12.5 Å². The number of carbonyl (C=O) groups is 1. The third-order valence-electron chi connectivity index (χ3n) is 5.54. The fraction of sp³-hybridized carbons (Fsp3) is 0.318. The van der Waals surface area contributed by atoms with E-state index in [9.17, 15) is 9.90 Å². The number of furan rings is 1. The zero-order valence-corrected chi connectivity index (χ0v) is 16.3. The molecule has 0 saturated carbocycles. The molecular weight excluding hydrogens is 374 g/mol. The van der Waals surface area contributed by atoms with Crippen molar-refractivity contribution in [3.63, 3.8) is 0 Å². The van der Waals surface area contributed by atoms with Crippen molar-refractivity contribution >= 4 is 17.2 Å². The maximum absolute atomic E-state index is 13.4. The van der Waals surface area contributed by atoms with Crippen LogP contribution in [0.1, 0.15) is 29.7 Å². The molecule has 28 heavy (non-hydrogen) atoms. The highest BCUT2D eigenvalue weighted by Crippen LogP contribution is 2.36. The molecule has 1 aliphatic rings. The van der Waals surface area contributed by atoms with E-state index in [1.54, 1.807) is 12.1 Å². The van der Waals surface area contributed by atoms with Crippen molar-refractivity contribution in [3.05, 3.63) is 82.4 Å². The fourth-order valence-corrected chi connectivity index (χ4v) is 4.57. The van der Waals surface area contributed by atoms with Crippen LogP contribution in [0.25, 0.3) is 0 Å². The van der Waals surface area contributed by atoms with Crippen molar-refractivity contribution in [1.29, 1.82) is 0 Å². The van der Waals surface area contributed by atoms with Gasteiger partial charge in [-0.1, -0.05) is 30.3 Å². The SMILES string of the molecule is O=C(NC[C@](O)(c1ccsc1)c1ccco1)C1(c2ccccc2)CCOCC1. The van der Waals surface area contributed by atoms with Crippen LogP contribution in [0.5, 0.6) is 0 Å². The summed E-state index contributed by atoms with van der Waals surface area (Å²) in [6, 6.07) is 15.1. The molecule has 1 fully saturated rings. The topological polar surface area (TPSA) is 71.7 Å². The van der Waals surface area contributed by atoms with Crippen LogP contribution in [0.15, 0.2) is 70.0 Å². The second kappa shape index (κ2) is 7.91. The maximum Gasteiger partial charge on any atom is 0.230 e. The van der Waals surface area contributed by atoms with Gasteiger partial charge >= 0.3 is 0 Å². The summed E-state index contributed by atoms with van der Waals surface area (Å²) in [5.74, 6) is 0.314. The van der Waals surface area contributed by atoms with Crippen LogP contribution in [-0.4, -0.2) is 30.8 Å². The first kappa shape index (κ1) is 18.9. The van der Waals surface area contributed by atoms with Gasteiger partial charge in [0.05, 0.1) is 18.2 Å². The Hall–Kier alpha value is -2.41. The molecule has 5 nitrogen and oxygen atoms in total. The van der Waals surface area contributed by atoms with Gasteiger partial charge in [-0.05, 0) is 47.4 Å². The summed E-state index contributed by atoms with van der Waals surface area (Å²) in [6.45, 7) is 1.11. The highest BCUT2D eigenvalue weighted by Gasteiger charge is 2.43. The van der Waals surface area contributed by atoms with E-state index in [4.69, 9.17) is 9.15 Å². The molecule has 3 heterocycles. The Kier molecular flexibility index (Phi) is 5.35. The molecule has 1 aromatic carbocycles. The summed E-state index contributed by atoms with van der Waals surface area (Å²) in [7, 11) is 0. The van der Waals surface area contributed by atoms with Gasteiger partial charge in [-0.3, -0.25) is 4.79 Å². The molecule has 6 heteroatoms. The molecule has 2 N–H and O–H groups in total. The second-order valence-corrected chi connectivity index (χ2v) is 7.87. The van der Waals surface area contributed by atoms with Gasteiger partial charge in [0.1, 0.15) is 5.76 Å². The smallest absolute Gasteiger partial charge is 0.230 e. The lowest BCUT2D eigenvalue weighted by atomic mass is 9.73. The molecule has 2 aromatic heterocycles. The Morgan fingerprint density at radius 1 is 1.14 bits per heavy atom. The van der Waals surface area contributed by atoms with Crippen LogP contribution in [0.2, 0.25) is 0 Å². The van der Waals surface area contributed by atoms with E-state index in [1.807, 2.05) is 47.2 Å². The molecule has 146 valence electrons. The Morgan fingerprint density at radius 3 is 2.57 bits per heavy atom. The molecule has 1 saturated heterocycles. The minimum atomic E-state index is -1.41. The highest BCUT2D eigenvalue weighted by atomic mass is 32.1. The summed E-state index contributed by atoms with van der Waals surface area (Å²) >= 11 is 1.49. The zero-order valence-electron chi connectivity index (χ0n) is 15.5. The van der Waals surface area contributed by atoms with Gasteiger partial charge in [0.25, 0.3) is 0 Å². The Labute approximate surface area is 168 Å². The fourth-order valence-electron chi connectivity index (χ4n) is 3.85. The van der Waals surface area contributed by atoms with E-state index in [0.717, 1.165) is 5.56 Å². The lowest BCUT2D eigenvalue weighted by Crippen LogP contribution is -2.51. The van der Waals surface area contributed by atoms with Crippen molar-refractivity contribution in [1.82, 2.24) is 5.32 Å². The number of aliphatic hydroxyl groups is 1. The summed E-state index contributed by atoms with van der Waals surface area (Å²) in [5.41, 5.74) is -0.387. The molecule has 1 atom stereocenters. The molecule has 1 aliphatic heterocycles. The summed E-state index contributed by atoms with van der Waals surface area (Å²) in [5, 5.41) is 18.2. The minimum Gasteiger partial charge on any atom is -0.466 e. The molecule has 0 spiro atoms. The van der Waals surface area contributed by atoms with Crippen molar-refractivity contribution < 1.29 is 19.1 Å². The number of ether oxygens (including phenoxy) is 1. The normalized spacial score (nSPS) is 18.3. The summed E-state index contributed by atoms with van der Waals surface area (Å²) in [6.07, 6.45) is 2.75. The first-order valence-corrected chi connectivity index (χ1v) is 10.3. The lowest BCUT2D eigenvalue weighted by Gasteiger charge is -2.37. The van der Waals surface area contributed by atoms with Gasteiger partial charge in [0.15, 0.2) is 5.60 Å². The Morgan fingerprint density at radius 2 is 1.93 bits per heavy atom. The van der Waals surface area contributed by atoms with Crippen LogP contribution in [0.4, 0.5) is 0 Å². The monoisotopic (exact) mass is 397 g/mol. The molecule has 0 aliphatic carbocycles. The van der Waals surface area contributed by atoms with E-state index in [2.05, 4.69) is 5.32 Å². The second-order valence-electron chi connectivity index (χ2n) is 7.09. The minimum absolute atomic E-state index is 0.0333. The van der Waals surface area contributed by atoms with Crippen molar-refractivity contribution in [2.75, 3.05) is 19.8 Å². The molecule has 3 aromatic rings. The van der Waals surface area contributed by atoms with Gasteiger partial charge in [0.2, 0.25) is 5.91 Å². The molecule has 0 unspecified atom stereocenters. The lowest BCUT2D eigenvalue weighted by molar-refractivity contribution is -0.131. The van der Waals surface area contributed by atoms with E-state index >= 15 is 0 Å². The molecule has 4 rings (SSSR count). The van der Waals surface area contributed by atoms with Crippen LogP contribution in [0.3, 0.4) is 0 Å². The standard InChI is InChI=1S/C22H23NO4S/c24-20(21(9-12-26-13-10-21)17-5-2-1-3-6-17)23-16-22(25,18-8-14-28-15-18)19-7-4-11-27-19/h1-8,11,14-15,25H,9-10,12-13,16H2,(H,23,24)/t22-/m0/s1. The van der Waals surface area contributed by atoms with E-state index in [0.29, 0.717) is 37.4 Å². The Bertz CT molecular complexity index is 850. The number of nitrogens with one attached hydrogen (secondary N) is 1. The number of rotatable bonds is 6. The van der Waals surface area contributed by atoms with E-state index in [1.165, 1.54) is 17.6 Å². The third kappa shape index (κ3) is 3.39. The summed E-state index contributed by atoms with van der Waals surface area (Å²) < 4.78 is 11.0. The quantitative estimate of drug-likeness (QED) is 0.668. The number of benzene rings is 1. The predicted octanol–water partition coefficient (Wildman–Crippen LogP) is 3.44. The summed E-state index contributed by atoms with van der Waals surface area (Å²) in [4.78, 5) is 13.4. The van der Waals surface area contributed by atoms with Crippen LogP contribution in [0, 0.1) is 0 Å². The number of hydrogen-bond acceptors (Lipinski definition) is 5. The van der Waals surface area contributed by atoms with E-state index < -0.39 is 11.0 Å². The van der Waals surface area contributed by atoms with Gasteiger partial charge in [-0.15, -0.1) is 0 Å². The van der Waals surface area contributed by atoms with Crippen LogP contribution < -0.4 is 5.32 Å². The molecule has 0 bridgehead atoms. The number of amides is 1. The van der Waals surface area contributed by atoms with Crippen molar-refractivity contribution in [2.45, 2.75) is 23.9 Å². The predicted molar refractivity (Wildman–Crippen MR) is 107 cm³/mol. The average Bonchev–Trinajstić information content (AvgIpc) is 3.48. The van der Waals surface area contributed by atoms with Crippen molar-refractivity contribution in [3.8, 4) is 0 Å². The Balaban J connectivity index is 1.61. The molecule has 1 amide bonds.